The second-order valence-corrected chi connectivity index (χ2v) is 5.69. The Balaban J connectivity index is 1.82. The molecule has 0 fully saturated rings. The maximum atomic E-state index is 13.1. The number of rotatable bonds is 4. The van der Waals surface area contributed by atoms with Crippen LogP contribution >= 0.6 is 0 Å². The van der Waals surface area contributed by atoms with Gasteiger partial charge in [-0.2, -0.15) is 0 Å². The molecule has 1 atom stereocenters. The average molecular weight is 327 g/mol. The van der Waals surface area contributed by atoms with Crippen molar-refractivity contribution in [3.05, 3.63) is 71.5 Å². The maximum absolute atomic E-state index is 13.1. The first-order valence-corrected chi connectivity index (χ1v) is 7.62. The van der Waals surface area contributed by atoms with Gasteiger partial charge in [0, 0.05) is 11.3 Å². The molecule has 0 radical (unpaired) electrons. The number of amides is 1. The highest BCUT2D eigenvalue weighted by Gasteiger charge is 2.19. The molecule has 1 aromatic carbocycles. The molecule has 1 amide bonds. The minimum absolute atomic E-state index is 0.202. The molecule has 124 valence electrons. The van der Waals surface area contributed by atoms with Crippen molar-refractivity contribution < 1.29 is 13.6 Å². The first kappa shape index (κ1) is 16.0. The summed E-state index contributed by atoms with van der Waals surface area (Å²) in [6.45, 7) is 5.64. The lowest BCUT2D eigenvalue weighted by molar-refractivity contribution is 0.0933. The highest BCUT2D eigenvalue weighted by atomic mass is 19.1. The number of aryl methyl sites for hydroxylation is 2. The zero-order valence-corrected chi connectivity index (χ0v) is 13.7. The summed E-state index contributed by atoms with van der Waals surface area (Å²) >= 11 is 0. The number of carbonyl (C=O) groups excluding carboxylic acids is 1. The number of benzene rings is 1. The van der Waals surface area contributed by atoms with E-state index in [1.165, 1.54) is 24.7 Å². The molecule has 3 aromatic rings. The largest absolute Gasteiger partial charge is 0.466 e. The number of nitrogens with zero attached hydrogens (tertiary/aromatic N) is 2. The van der Waals surface area contributed by atoms with Crippen LogP contribution in [0.3, 0.4) is 0 Å². The van der Waals surface area contributed by atoms with Crippen LogP contribution in [0.4, 0.5) is 4.39 Å². The van der Waals surface area contributed by atoms with E-state index in [1.807, 2.05) is 26.8 Å². The van der Waals surface area contributed by atoms with Gasteiger partial charge in [-0.15, -0.1) is 0 Å². The summed E-state index contributed by atoms with van der Waals surface area (Å²) in [7, 11) is 0. The predicted molar refractivity (Wildman–Crippen MR) is 87.6 cm³/mol. The molecule has 2 aromatic heterocycles. The SMILES string of the molecule is Cc1cc(C(C)NC(=O)c2cncn2-c2ccc(F)cc2)c(C)o1. The molecule has 6 heteroatoms. The summed E-state index contributed by atoms with van der Waals surface area (Å²) in [5.41, 5.74) is 1.99. The van der Waals surface area contributed by atoms with Crippen LogP contribution in [0.1, 0.15) is 40.5 Å². The quantitative estimate of drug-likeness (QED) is 0.794. The molecule has 0 aliphatic rings. The molecule has 5 nitrogen and oxygen atoms in total. The normalized spacial score (nSPS) is 12.2. The zero-order chi connectivity index (χ0) is 17.3. The zero-order valence-electron chi connectivity index (χ0n) is 13.7. The number of hydrogen-bond donors (Lipinski definition) is 1. The predicted octanol–water partition coefficient (Wildman–Crippen LogP) is 3.71. The van der Waals surface area contributed by atoms with Crippen molar-refractivity contribution in [3.8, 4) is 5.69 Å². The van der Waals surface area contributed by atoms with Gasteiger partial charge in [-0.1, -0.05) is 0 Å². The van der Waals surface area contributed by atoms with E-state index in [4.69, 9.17) is 4.42 Å². The van der Waals surface area contributed by atoms with Gasteiger partial charge in [0.25, 0.3) is 5.91 Å². The molecule has 0 aliphatic heterocycles. The summed E-state index contributed by atoms with van der Waals surface area (Å²) < 4.78 is 20.2. The third-order valence-corrected chi connectivity index (χ3v) is 3.87. The van der Waals surface area contributed by atoms with Gasteiger partial charge in [-0.05, 0) is 51.1 Å². The Kier molecular flexibility index (Phi) is 4.20. The summed E-state index contributed by atoms with van der Waals surface area (Å²) in [4.78, 5) is 16.6. The number of aromatic nitrogens is 2. The Morgan fingerprint density at radius 3 is 2.62 bits per heavy atom. The number of carbonyl (C=O) groups is 1. The van der Waals surface area contributed by atoms with E-state index in [1.54, 1.807) is 16.7 Å². The molecular formula is C18H18FN3O2. The van der Waals surface area contributed by atoms with Crippen molar-refractivity contribution in [1.29, 1.82) is 0 Å². The first-order chi connectivity index (χ1) is 11.5. The highest BCUT2D eigenvalue weighted by molar-refractivity contribution is 5.93. The van der Waals surface area contributed by atoms with Crippen LogP contribution in [0.2, 0.25) is 0 Å². The standard InChI is InChI=1S/C18H18FN3O2/c1-11-8-16(13(3)24-11)12(2)21-18(23)17-9-20-10-22(17)15-6-4-14(19)5-7-15/h4-10,12H,1-3H3,(H,21,23). The summed E-state index contributed by atoms with van der Waals surface area (Å²) in [5, 5.41) is 2.94. The van der Waals surface area contributed by atoms with Crippen LogP contribution in [-0.2, 0) is 0 Å². The summed E-state index contributed by atoms with van der Waals surface area (Å²) in [5.74, 6) is 0.999. The Hall–Kier alpha value is -2.89. The Morgan fingerprint density at radius 1 is 1.29 bits per heavy atom. The van der Waals surface area contributed by atoms with Gasteiger partial charge < -0.3 is 9.73 Å². The molecule has 1 unspecified atom stereocenters. The number of nitrogens with one attached hydrogen (secondary N) is 1. The Morgan fingerprint density at radius 2 is 2.00 bits per heavy atom. The average Bonchev–Trinajstić information content (AvgIpc) is 3.14. The fourth-order valence-corrected chi connectivity index (χ4v) is 2.70. The summed E-state index contributed by atoms with van der Waals surface area (Å²) in [6.07, 6.45) is 3.01. The number of furan rings is 1. The van der Waals surface area contributed by atoms with Crippen LogP contribution in [0, 0.1) is 19.7 Å². The van der Waals surface area contributed by atoms with Gasteiger partial charge in [-0.25, -0.2) is 9.37 Å². The Bertz CT molecular complexity index is 865. The minimum atomic E-state index is -0.329. The van der Waals surface area contributed by atoms with E-state index in [9.17, 15) is 9.18 Å². The fourth-order valence-electron chi connectivity index (χ4n) is 2.70. The van der Waals surface area contributed by atoms with Crippen molar-refractivity contribution in [1.82, 2.24) is 14.9 Å². The second-order valence-electron chi connectivity index (χ2n) is 5.69. The van der Waals surface area contributed by atoms with E-state index in [-0.39, 0.29) is 17.8 Å². The molecular weight excluding hydrogens is 309 g/mol. The highest BCUT2D eigenvalue weighted by Crippen LogP contribution is 2.22. The van der Waals surface area contributed by atoms with Gasteiger partial charge in [0.1, 0.15) is 23.0 Å². The molecule has 24 heavy (non-hydrogen) atoms. The molecule has 2 heterocycles. The molecule has 3 rings (SSSR count). The van der Waals surface area contributed by atoms with E-state index < -0.39 is 0 Å². The molecule has 0 saturated carbocycles. The van der Waals surface area contributed by atoms with Crippen LogP contribution in [0.15, 0.2) is 47.3 Å². The fraction of sp³-hybridized carbons (Fsp3) is 0.222. The van der Waals surface area contributed by atoms with E-state index in [0.717, 1.165) is 17.1 Å². The lowest BCUT2D eigenvalue weighted by Crippen LogP contribution is -2.28. The second kappa shape index (κ2) is 6.31. The van der Waals surface area contributed by atoms with Crippen molar-refractivity contribution in [3.63, 3.8) is 0 Å². The number of hydrogen-bond acceptors (Lipinski definition) is 3. The molecule has 0 spiro atoms. The van der Waals surface area contributed by atoms with Gasteiger partial charge in [0.15, 0.2) is 0 Å². The topological polar surface area (TPSA) is 60.1 Å². The smallest absolute Gasteiger partial charge is 0.270 e. The van der Waals surface area contributed by atoms with Gasteiger partial charge in [0.2, 0.25) is 0 Å². The van der Waals surface area contributed by atoms with E-state index >= 15 is 0 Å². The van der Waals surface area contributed by atoms with Crippen LogP contribution in [-0.4, -0.2) is 15.5 Å². The summed E-state index contributed by atoms with van der Waals surface area (Å²) in [6, 6.07) is 7.60. The third kappa shape index (κ3) is 3.08. The minimum Gasteiger partial charge on any atom is -0.466 e. The van der Waals surface area contributed by atoms with Crippen molar-refractivity contribution >= 4 is 5.91 Å². The van der Waals surface area contributed by atoms with Crippen LogP contribution in [0.25, 0.3) is 5.69 Å². The molecule has 1 N–H and O–H groups in total. The van der Waals surface area contributed by atoms with Gasteiger partial charge in [0.05, 0.1) is 18.6 Å². The Labute approximate surface area is 139 Å². The van der Waals surface area contributed by atoms with Gasteiger partial charge in [-0.3, -0.25) is 9.36 Å². The number of halogens is 1. The number of imidazole rings is 1. The lowest BCUT2D eigenvalue weighted by atomic mass is 10.1. The molecule has 0 bridgehead atoms. The monoisotopic (exact) mass is 327 g/mol. The van der Waals surface area contributed by atoms with Crippen molar-refractivity contribution in [2.24, 2.45) is 0 Å². The van der Waals surface area contributed by atoms with Crippen LogP contribution in [0.5, 0.6) is 0 Å². The van der Waals surface area contributed by atoms with Crippen molar-refractivity contribution in [2.75, 3.05) is 0 Å². The third-order valence-electron chi connectivity index (χ3n) is 3.87. The maximum Gasteiger partial charge on any atom is 0.270 e. The van der Waals surface area contributed by atoms with Crippen LogP contribution < -0.4 is 5.32 Å². The van der Waals surface area contributed by atoms with E-state index in [0.29, 0.717) is 11.4 Å². The molecule has 0 saturated heterocycles. The van der Waals surface area contributed by atoms with Crippen molar-refractivity contribution in [2.45, 2.75) is 26.8 Å². The van der Waals surface area contributed by atoms with E-state index in [2.05, 4.69) is 10.3 Å². The first-order valence-electron chi connectivity index (χ1n) is 7.62. The van der Waals surface area contributed by atoms with Gasteiger partial charge >= 0.3 is 0 Å². The molecule has 0 aliphatic carbocycles. The lowest BCUT2D eigenvalue weighted by Gasteiger charge is -2.14.